The van der Waals surface area contributed by atoms with Crippen LogP contribution >= 0.6 is 11.6 Å². The van der Waals surface area contributed by atoms with Gasteiger partial charge in [0.1, 0.15) is 11.9 Å². The summed E-state index contributed by atoms with van der Waals surface area (Å²) < 4.78 is 16.7. The summed E-state index contributed by atoms with van der Waals surface area (Å²) in [6.45, 7) is 4.80. The average molecular weight is 473 g/mol. The Morgan fingerprint density at radius 3 is 2.39 bits per heavy atom. The van der Waals surface area contributed by atoms with Crippen molar-refractivity contribution < 1.29 is 19.0 Å². The van der Waals surface area contributed by atoms with Gasteiger partial charge in [0.25, 0.3) is 0 Å². The Bertz CT molecular complexity index is 969. The number of ether oxygens (including phenoxy) is 3. The van der Waals surface area contributed by atoms with E-state index in [0.29, 0.717) is 10.8 Å². The first-order valence-corrected chi connectivity index (χ1v) is 12.0. The smallest absolute Gasteiger partial charge is 0.223 e. The van der Waals surface area contributed by atoms with Gasteiger partial charge >= 0.3 is 0 Å². The van der Waals surface area contributed by atoms with E-state index in [0.717, 1.165) is 62.4 Å². The first kappa shape index (κ1) is 23.7. The van der Waals surface area contributed by atoms with Crippen LogP contribution in [0.4, 0.5) is 0 Å². The van der Waals surface area contributed by atoms with E-state index in [-0.39, 0.29) is 24.0 Å². The topological polar surface area (TPSA) is 60.0 Å². The third-order valence-corrected chi connectivity index (χ3v) is 6.93. The summed E-state index contributed by atoms with van der Waals surface area (Å²) in [6, 6.07) is 12.1. The summed E-state index contributed by atoms with van der Waals surface area (Å²) in [5.41, 5.74) is 2.30. The number of carbonyl (C=O) groups excluding carboxylic acids is 1. The van der Waals surface area contributed by atoms with E-state index >= 15 is 0 Å². The molecular weight excluding hydrogens is 440 g/mol. The number of carbonyl (C=O) groups is 1. The molecule has 0 aromatic heterocycles. The van der Waals surface area contributed by atoms with E-state index in [1.807, 2.05) is 37.3 Å². The van der Waals surface area contributed by atoms with Crippen molar-refractivity contribution in [2.24, 2.45) is 5.92 Å². The second-order valence-corrected chi connectivity index (χ2v) is 9.50. The van der Waals surface area contributed by atoms with Crippen molar-refractivity contribution in [3.8, 4) is 17.2 Å². The van der Waals surface area contributed by atoms with Gasteiger partial charge in [0.2, 0.25) is 5.91 Å². The monoisotopic (exact) mass is 472 g/mol. The van der Waals surface area contributed by atoms with Gasteiger partial charge in [-0.15, -0.1) is 0 Å². The van der Waals surface area contributed by atoms with Crippen LogP contribution in [0.3, 0.4) is 0 Å². The normalized spacial score (nSPS) is 21.2. The number of benzene rings is 2. The van der Waals surface area contributed by atoms with Gasteiger partial charge in [-0.3, -0.25) is 9.69 Å². The van der Waals surface area contributed by atoms with E-state index in [9.17, 15) is 4.79 Å². The first-order chi connectivity index (χ1) is 15.9. The van der Waals surface area contributed by atoms with Gasteiger partial charge in [0.15, 0.2) is 11.5 Å². The number of rotatable bonds is 8. The summed E-state index contributed by atoms with van der Waals surface area (Å²) in [7, 11) is 3.27. The maximum Gasteiger partial charge on any atom is 0.223 e. The minimum Gasteiger partial charge on any atom is -0.495 e. The molecule has 0 bridgehead atoms. The van der Waals surface area contributed by atoms with Gasteiger partial charge in [0.05, 0.1) is 19.2 Å². The van der Waals surface area contributed by atoms with Crippen molar-refractivity contribution in [1.29, 1.82) is 0 Å². The zero-order valence-corrected chi connectivity index (χ0v) is 20.4. The van der Waals surface area contributed by atoms with E-state index < -0.39 is 0 Å². The molecule has 7 heteroatoms. The van der Waals surface area contributed by atoms with E-state index in [4.69, 9.17) is 25.8 Å². The molecule has 1 aliphatic heterocycles. The van der Waals surface area contributed by atoms with Crippen molar-refractivity contribution in [1.82, 2.24) is 10.2 Å². The predicted octanol–water partition coefficient (Wildman–Crippen LogP) is 4.60. The number of amides is 1. The van der Waals surface area contributed by atoms with Gasteiger partial charge in [-0.2, -0.15) is 0 Å². The molecule has 1 aliphatic carbocycles. The number of methoxy groups -OCH3 is 2. The largest absolute Gasteiger partial charge is 0.495 e. The molecule has 1 N–H and O–H groups in total. The van der Waals surface area contributed by atoms with Crippen LogP contribution in [0.1, 0.15) is 36.8 Å². The molecule has 0 radical (unpaired) electrons. The van der Waals surface area contributed by atoms with Gasteiger partial charge < -0.3 is 19.5 Å². The van der Waals surface area contributed by atoms with Crippen molar-refractivity contribution in [2.75, 3.05) is 27.3 Å². The highest BCUT2D eigenvalue weighted by Crippen LogP contribution is 2.36. The molecule has 4 rings (SSSR count). The second kappa shape index (κ2) is 10.7. The maximum atomic E-state index is 12.7. The van der Waals surface area contributed by atoms with Gasteiger partial charge in [-0.25, -0.2) is 0 Å². The van der Waals surface area contributed by atoms with Crippen molar-refractivity contribution in [2.45, 2.75) is 51.3 Å². The van der Waals surface area contributed by atoms with Crippen LogP contribution in [-0.4, -0.2) is 50.3 Å². The Morgan fingerprint density at radius 1 is 1.03 bits per heavy atom. The van der Waals surface area contributed by atoms with E-state index in [2.05, 4.69) is 16.3 Å². The Morgan fingerprint density at radius 2 is 1.73 bits per heavy atom. The lowest BCUT2D eigenvalue weighted by Crippen LogP contribution is -2.49. The van der Waals surface area contributed by atoms with Crippen molar-refractivity contribution in [3.63, 3.8) is 0 Å². The van der Waals surface area contributed by atoms with Gasteiger partial charge in [-0.1, -0.05) is 23.7 Å². The van der Waals surface area contributed by atoms with Crippen LogP contribution < -0.4 is 19.5 Å². The molecule has 0 unspecified atom stereocenters. The molecule has 6 nitrogen and oxygen atoms in total. The van der Waals surface area contributed by atoms with Crippen molar-refractivity contribution >= 4 is 17.5 Å². The number of nitrogens with one attached hydrogen (secondary N) is 1. The predicted molar refractivity (Wildman–Crippen MR) is 129 cm³/mol. The number of likely N-dealkylation sites (tertiary alicyclic amines) is 1. The molecule has 178 valence electrons. The number of hydrogen-bond donors (Lipinski definition) is 1. The standard InChI is InChI=1S/C26H33ClN2O4/c1-17-4-6-24(32-3)25(12-17)33-21-14-19(15-21)26(30)28-20-8-10-29(11-9-20)16-18-5-7-23(31-2)22(27)13-18/h4-7,12-13,19-21H,8-11,14-16H2,1-3H3,(H,28,30). The highest BCUT2D eigenvalue weighted by molar-refractivity contribution is 6.32. The number of piperidine rings is 1. The summed E-state index contributed by atoms with van der Waals surface area (Å²) in [5, 5.41) is 3.90. The first-order valence-electron chi connectivity index (χ1n) is 11.6. The Kier molecular flexibility index (Phi) is 7.66. The Labute approximate surface area is 201 Å². The molecule has 1 heterocycles. The molecule has 1 amide bonds. The molecule has 2 aromatic carbocycles. The van der Waals surface area contributed by atoms with Crippen LogP contribution in [0.5, 0.6) is 17.2 Å². The van der Waals surface area contributed by atoms with Crippen LogP contribution in [0.25, 0.3) is 0 Å². The summed E-state index contributed by atoms with van der Waals surface area (Å²) >= 11 is 6.25. The molecule has 33 heavy (non-hydrogen) atoms. The van der Waals surface area contributed by atoms with Gasteiger partial charge in [-0.05, 0) is 68.0 Å². The molecule has 2 fully saturated rings. The fourth-order valence-corrected chi connectivity index (χ4v) is 4.83. The molecule has 1 saturated heterocycles. The lowest BCUT2D eigenvalue weighted by molar-refractivity contribution is -0.131. The quantitative estimate of drug-likeness (QED) is 0.608. The number of halogens is 1. The van der Waals surface area contributed by atoms with Crippen LogP contribution in [0.15, 0.2) is 36.4 Å². The molecule has 2 aliphatic rings. The lowest BCUT2D eigenvalue weighted by atomic mass is 9.81. The molecule has 2 aromatic rings. The summed E-state index contributed by atoms with van der Waals surface area (Å²) in [5.74, 6) is 2.38. The minimum absolute atomic E-state index is 0.0327. The highest BCUT2D eigenvalue weighted by Gasteiger charge is 2.37. The summed E-state index contributed by atoms with van der Waals surface area (Å²) in [4.78, 5) is 15.1. The van der Waals surface area contributed by atoms with E-state index in [1.54, 1.807) is 14.2 Å². The maximum absolute atomic E-state index is 12.7. The Hall–Kier alpha value is -2.44. The van der Waals surface area contributed by atoms with E-state index in [1.165, 1.54) is 5.56 Å². The third kappa shape index (κ3) is 5.92. The Balaban J connectivity index is 1.18. The highest BCUT2D eigenvalue weighted by atomic mass is 35.5. The second-order valence-electron chi connectivity index (χ2n) is 9.09. The fraction of sp³-hybridized carbons (Fsp3) is 0.500. The average Bonchev–Trinajstić information content (AvgIpc) is 2.77. The van der Waals surface area contributed by atoms with Crippen LogP contribution in [0.2, 0.25) is 5.02 Å². The fourth-order valence-electron chi connectivity index (χ4n) is 4.55. The SMILES string of the molecule is COc1ccc(CN2CCC(NC(=O)C3CC(Oc4cc(C)ccc4OC)C3)CC2)cc1Cl. The molecule has 0 spiro atoms. The number of nitrogens with zero attached hydrogens (tertiary/aromatic N) is 1. The zero-order valence-electron chi connectivity index (χ0n) is 19.6. The summed E-state index contributed by atoms with van der Waals surface area (Å²) in [6.07, 6.45) is 3.49. The molecule has 0 atom stereocenters. The molecular formula is C26H33ClN2O4. The lowest BCUT2D eigenvalue weighted by Gasteiger charge is -2.37. The minimum atomic E-state index is 0.0327. The molecule has 1 saturated carbocycles. The van der Waals surface area contributed by atoms with Crippen LogP contribution in [-0.2, 0) is 11.3 Å². The number of hydrogen-bond acceptors (Lipinski definition) is 5. The van der Waals surface area contributed by atoms with Gasteiger partial charge in [0, 0.05) is 31.6 Å². The number of aryl methyl sites for hydroxylation is 1. The van der Waals surface area contributed by atoms with Crippen molar-refractivity contribution in [3.05, 3.63) is 52.5 Å². The zero-order chi connectivity index (χ0) is 23.4. The third-order valence-electron chi connectivity index (χ3n) is 6.63. The van der Waals surface area contributed by atoms with Crippen LogP contribution in [0, 0.1) is 12.8 Å².